The smallest absolute Gasteiger partial charge is 0.242 e. The van der Waals surface area contributed by atoms with Crippen LogP contribution in [0.25, 0.3) is 0 Å². The van der Waals surface area contributed by atoms with Crippen molar-refractivity contribution >= 4 is 23.4 Å². The van der Waals surface area contributed by atoms with Crippen molar-refractivity contribution in [2.75, 3.05) is 11.4 Å². The van der Waals surface area contributed by atoms with Crippen molar-refractivity contribution in [1.82, 2.24) is 5.32 Å². The summed E-state index contributed by atoms with van der Waals surface area (Å²) in [5, 5.41) is 2.62. The summed E-state index contributed by atoms with van der Waals surface area (Å²) in [4.78, 5) is 37.4. The molecule has 1 aliphatic heterocycles. The van der Waals surface area contributed by atoms with Crippen LogP contribution in [0.5, 0.6) is 0 Å². The number of benzene rings is 1. The van der Waals surface area contributed by atoms with Crippen molar-refractivity contribution in [1.29, 1.82) is 0 Å². The first kappa shape index (κ1) is 17.0. The van der Waals surface area contributed by atoms with Gasteiger partial charge in [0, 0.05) is 18.7 Å². The number of rotatable bonds is 5. The van der Waals surface area contributed by atoms with E-state index in [1.54, 1.807) is 18.7 Å². The number of hydrogen-bond acceptors (Lipinski definition) is 3. The van der Waals surface area contributed by atoms with E-state index in [0.717, 1.165) is 12.1 Å². The molecule has 124 valence electrons. The minimum absolute atomic E-state index is 0.0914. The van der Waals surface area contributed by atoms with Crippen molar-refractivity contribution in [3.8, 4) is 0 Å². The largest absolute Gasteiger partial charge is 0.368 e. The van der Waals surface area contributed by atoms with E-state index in [9.17, 15) is 14.4 Å². The second-order valence-electron chi connectivity index (χ2n) is 6.40. The number of hydrogen-bond donors (Lipinski definition) is 2. The Hall–Kier alpha value is -2.37. The van der Waals surface area contributed by atoms with Gasteiger partial charge in [-0.05, 0) is 38.0 Å². The average molecular weight is 317 g/mol. The van der Waals surface area contributed by atoms with Crippen LogP contribution in [0.1, 0.15) is 32.8 Å². The molecule has 1 aliphatic rings. The predicted octanol–water partition coefficient (Wildman–Crippen LogP) is 0.982. The van der Waals surface area contributed by atoms with Crippen molar-refractivity contribution < 1.29 is 14.4 Å². The minimum atomic E-state index is -1.13. The molecular formula is C17H23N3O3. The number of nitrogens with two attached hydrogens (primary N) is 1. The van der Waals surface area contributed by atoms with Crippen LogP contribution in [0.2, 0.25) is 0 Å². The molecule has 0 bridgehead atoms. The average Bonchev–Trinajstić information content (AvgIpc) is 2.89. The topological polar surface area (TPSA) is 92.5 Å². The van der Waals surface area contributed by atoms with E-state index in [1.165, 1.54) is 5.56 Å². The standard InChI is InChI=1S/C17H23N3O3/c1-4-11-5-7-13(8-6-11)20-10-12(9-14(20)21)15(22)19-17(2,3)16(18)23/h5-8,12H,4,9-10H2,1-3H3,(H2,18,23)(H,19,22)/t12-/m0/s1. The first-order valence-corrected chi connectivity index (χ1v) is 7.76. The van der Waals surface area contributed by atoms with Crippen molar-refractivity contribution in [3.63, 3.8) is 0 Å². The summed E-state index contributed by atoms with van der Waals surface area (Å²) in [7, 11) is 0. The molecule has 1 fully saturated rings. The summed E-state index contributed by atoms with van der Waals surface area (Å²) in [6, 6.07) is 7.74. The van der Waals surface area contributed by atoms with Gasteiger partial charge in [0.1, 0.15) is 5.54 Å². The molecule has 6 heteroatoms. The van der Waals surface area contributed by atoms with Gasteiger partial charge in [-0.2, -0.15) is 0 Å². The molecule has 1 saturated heterocycles. The lowest BCUT2D eigenvalue weighted by molar-refractivity contribution is -0.132. The van der Waals surface area contributed by atoms with Gasteiger partial charge in [-0.25, -0.2) is 0 Å². The van der Waals surface area contributed by atoms with Gasteiger partial charge in [-0.1, -0.05) is 19.1 Å². The SMILES string of the molecule is CCc1ccc(N2C[C@@H](C(=O)NC(C)(C)C(N)=O)CC2=O)cc1. The maximum absolute atomic E-state index is 12.3. The lowest BCUT2D eigenvalue weighted by atomic mass is 10.0. The van der Waals surface area contributed by atoms with Crippen LogP contribution in [0.3, 0.4) is 0 Å². The summed E-state index contributed by atoms with van der Waals surface area (Å²) >= 11 is 0. The Morgan fingerprint density at radius 3 is 2.43 bits per heavy atom. The van der Waals surface area contributed by atoms with Crippen molar-refractivity contribution in [3.05, 3.63) is 29.8 Å². The number of nitrogens with one attached hydrogen (secondary N) is 1. The molecule has 3 amide bonds. The summed E-state index contributed by atoms with van der Waals surface area (Å²) in [6.07, 6.45) is 1.07. The molecule has 0 spiro atoms. The molecule has 6 nitrogen and oxygen atoms in total. The van der Waals surface area contributed by atoms with Gasteiger partial charge in [0.2, 0.25) is 17.7 Å². The predicted molar refractivity (Wildman–Crippen MR) is 87.7 cm³/mol. The molecule has 3 N–H and O–H groups in total. The van der Waals surface area contributed by atoms with E-state index in [1.807, 2.05) is 24.3 Å². The second-order valence-corrected chi connectivity index (χ2v) is 6.40. The van der Waals surface area contributed by atoms with Crippen LogP contribution in [0.15, 0.2) is 24.3 Å². The van der Waals surface area contributed by atoms with E-state index in [-0.39, 0.29) is 18.2 Å². The molecule has 1 atom stereocenters. The van der Waals surface area contributed by atoms with E-state index < -0.39 is 17.4 Å². The molecular weight excluding hydrogens is 294 g/mol. The van der Waals surface area contributed by atoms with Gasteiger partial charge < -0.3 is 16.0 Å². The molecule has 1 heterocycles. The maximum atomic E-state index is 12.3. The van der Waals surface area contributed by atoms with Crippen LogP contribution in [0, 0.1) is 5.92 Å². The first-order valence-electron chi connectivity index (χ1n) is 7.76. The normalized spacial score (nSPS) is 18.1. The van der Waals surface area contributed by atoms with Gasteiger partial charge in [-0.15, -0.1) is 0 Å². The monoisotopic (exact) mass is 317 g/mol. The molecule has 1 aromatic rings. The number of amides is 3. The fourth-order valence-electron chi connectivity index (χ4n) is 2.52. The van der Waals surface area contributed by atoms with E-state index in [0.29, 0.717) is 6.54 Å². The Morgan fingerprint density at radius 1 is 1.30 bits per heavy atom. The Labute approximate surface area is 136 Å². The van der Waals surface area contributed by atoms with Crippen molar-refractivity contribution in [2.24, 2.45) is 11.7 Å². The van der Waals surface area contributed by atoms with E-state index in [4.69, 9.17) is 5.73 Å². The lowest BCUT2D eigenvalue weighted by Gasteiger charge is -2.24. The zero-order chi connectivity index (χ0) is 17.2. The number of carbonyl (C=O) groups is 3. The van der Waals surface area contributed by atoms with Gasteiger partial charge in [-0.3, -0.25) is 14.4 Å². The quantitative estimate of drug-likeness (QED) is 0.848. The number of aryl methyl sites for hydroxylation is 1. The van der Waals surface area contributed by atoms with Gasteiger partial charge in [0.25, 0.3) is 0 Å². The first-order chi connectivity index (χ1) is 10.7. The maximum Gasteiger partial charge on any atom is 0.242 e. The third kappa shape index (κ3) is 3.70. The zero-order valence-electron chi connectivity index (χ0n) is 13.8. The molecule has 0 aromatic heterocycles. The fraction of sp³-hybridized carbons (Fsp3) is 0.471. The Kier molecular flexibility index (Phi) is 4.73. The molecule has 23 heavy (non-hydrogen) atoms. The second kappa shape index (κ2) is 6.40. The van der Waals surface area contributed by atoms with E-state index >= 15 is 0 Å². The highest BCUT2D eigenvalue weighted by molar-refractivity contribution is 6.01. The van der Waals surface area contributed by atoms with Gasteiger partial charge in [0.05, 0.1) is 5.92 Å². The molecule has 0 aliphatic carbocycles. The fourth-order valence-corrected chi connectivity index (χ4v) is 2.52. The molecule has 0 unspecified atom stereocenters. The minimum Gasteiger partial charge on any atom is -0.368 e. The van der Waals surface area contributed by atoms with Crippen LogP contribution >= 0.6 is 0 Å². The summed E-state index contributed by atoms with van der Waals surface area (Å²) in [5.74, 6) is -1.50. The highest BCUT2D eigenvalue weighted by atomic mass is 16.2. The summed E-state index contributed by atoms with van der Waals surface area (Å²) in [6.45, 7) is 5.47. The molecule has 1 aromatic carbocycles. The number of carbonyl (C=O) groups excluding carboxylic acids is 3. The summed E-state index contributed by atoms with van der Waals surface area (Å²) < 4.78 is 0. The number of nitrogens with zero attached hydrogens (tertiary/aromatic N) is 1. The van der Waals surface area contributed by atoms with Gasteiger partial charge >= 0.3 is 0 Å². The molecule has 2 rings (SSSR count). The van der Waals surface area contributed by atoms with Crippen molar-refractivity contribution in [2.45, 2.75) is 39.2 Å². The Bertz CT molecular complexity index is 622. The van der Waals surface area contributed by atoms with Crippen LogP contribution in [0.4, 0.5) is 5.69 Å². The Morgan fingerprint density at radius 2 is 1.91 bits per heavy atom. The van der Waals surface area contributed by atoms with Crippen LogP contribution in [-0.2, 0) is 20.8 Å². The third-order valence-electron chi connectivity index (χ3n) is 4.20. The molecule has 0 saturated carbocycles. The van der Waals surface area contributed by atoms with Crippen LogP contribution in [-0.4, -0.2) is 29.8 Å². The number of primary amides is 1. The summed E-state index contributed by atoms with van der Waals surface area (Å²) in [5.41, 5.74) is 6.11. The van der Waals surface area contributed by atoms with E-state index in [2.05, 4.69) is 12.2 Å². The zero-order valence-corrected chi connectivity index (χ0v) is 13.8. The van der Waals surface area contributed by atoms with Crippen LogP contribution < -0.4 is 16.0 Å². The molecule has 0 radical (unpaired) electrons. The number of anilines is 1. The highest BCUT2D eigenvalue weighted by Gasteiger charge is 2.38. The van der Waals surface area contributed by atoms with Gasteiger partial charge in [0.15, 0.2) is 0 Å². The lowest BCUT2D eigenvalue weighted by Crippen LogP contribution is -2.54. The third-order valence-corrected chi connectivity index (χ3v) is 4.20. The Balaban J connectivity index is 2.07. The highest BCUT2D eigenvalue weighted by Crippen LogP contribution is 2.26.